The lowest BCUT2D eigenvalue weighted by Crippen LogP contribution is -2.61. The summed E-state index contributed by atoms with van der Waals surface area (Å²) in [7, 11) is 0. The molecule has 22 heavy (non-hydrogen) atoms. The molecule has 8 heteroatoms. The van der Waals surface area contributed by atoms with E-state index in [0.29, 0.717) is 0 Å². The first-order valence-electron chi connectivity index (χ1n) is 6.72. The van der Waals surface area contributed by atoms with Crippen LogP contribution in [0.1, 0.15) is 5.56 Å². The monoisotopic (exact) mass is 309 g/mol. The van der Waals surface area contributed by atoms with Crippen LogP contribution >= 0.6 is 0 Å². The lowest BCUT2D eigenvalue weighted by Gasteiger charge is -2.22. The molecule has 0 aromatic heterocycles. The number of nitrogens with one attached hydrogen (secondary N) is 2. The number of benzene rings is 1. The van der Waals surface area contributed by atoms with Crippen molar-refractivity contribution in [2.45, 2.75) is 18.5 Å². The van der Waals surface area contributed by atoms with Crippen molar-refractivity contribution in [1.82, 2.24) is 10.6 Å². The Morgan fingerprint density at radius 3 is 2.27 bits per heavy atom. The third-order valence-corrected chi connectivity index (χ3v) is 2.95. The Bertz CT molecular complexity index is 520. The van der Waals surface area contributed by atoms with E-state index < -0.39 is 36.5 Å². The van der Waals surface area contributed by atoms with E-state index in [0.717, 1.165) is 5.56 Å². The fourth-order valence-electron chi connectivity index (χ4n) is 1.78. The van der Waals surface area contributed by atoms with Crippen LogP contribution in [-0.2, 0) is 20.8 Å². The number of hydrogen-bond acceptors (Lipinski definition) is 5. The summed E-state index contributed by atoms with van der Waals surface area (Å²) in [4.78, 5) is 34.3. The number of rotatable bonds is 8. The van der Waals surface area contributed by atoms with Crippen LogP contribution in [0.15, 0.2) is 30.3 Å². The minimum atomic E-state index is -1.60. The standard InChI is InChI=1S/C14H19N3O5/c15-7-12(19)16-10(6-9-4-2-1-3-5-9)13(20)17-11(8-18)14(21)22/h1-5,10-11,18H,6-8,15H2,(H,16,19)(H,17,20)(H,21,22)/t10-,11-/m0/s1. The molecule has 0 aliphatic carbocycles. The largest absolute Gasteiger partial charge is 0.548 e. The summed E-state index contributed by atoms with van der Waals surface area (Å²) in [6.45, 7) is -0.849. The van der Waals surface area contributed by atoms with E-state index in [1.807, 2.05) is 6.07 Å². The molecule has 0 heterocycles. The zero-order valence-corrected chi connectivity index (χ0v) is 12.0. The predicted octanol–water partition coefficient (Wildman–Crippen LogP) is -3.82. The van der Waals surface area contributed by atoms with E-state index in [1.165, 1.54) is 0 Å². The smallest absolute Gasteiger partial charge is 0.275 e. The van der Waals surface area contributed by atoms with Gasteiger partial charge in [-0.1, -0.05) is 30.3 Å². The van der Waals surface area contributed by atoms with E-state index in [2.05, 4.69) is 16.4 Å². The molecule has 120 valence electrons. The topological polar surface area (TPSA) is 146 Å². The third kappa shape index (κ3) is 5.51. The van der Waals surface area contributed by atoms with Gasteiger partial charge in [0.15, 0.2) is 6.54 Å². The van der Waals surface area contributed by atoms with Crippen LogP contribution in [0.2, 0.25) is 0 Å². The molecule has 0 saturated carbocycles. The summed E-state index contributed by atoms with van der Waals surface area (Å²) in [5.41, 5.74) is 4.22. The summed E-state index contributed by atoms with van der Waals surface area (Å²) in [6.07, 6.45) is 0.184. The van der Waals surface area contributed by atoms with Crippen LogP contribution in [0, 0.1) is 0 Å². The van der Waals surface area contributed by atoms with Gasteiger partial charge < -0.3 is 31.4 Å². The van der Waals surface area contributed by atoms with Crippen LogP contribution in [-0.4, -0.2) is 48.1 Å². The molecule has 1 aromatic carbocycles. The molecule has 0 spiro atoms. The Labute approximate surface area is 127 Å². The maximum atomic E-state index is 12.1. The highest BCUT2D eigenvalue weighted by atomic mass is 16.4. The highest BCUT2D eigenvalue weighted by Crippen LogP contribution is 2.04. The number of carbonyl (C=O) groups excluding carboxylic acids is 3. The number of quaternary nitrogens is 1. The molecule has 0 unspecified atom stereocenters. The second kappa shape index (κ2) is 8.75. The van der Waals surface area contributed by atoms with Crippen molar-refractivity contribution in [1.29, 1.82) is 0 Å². The Morgan fingerprint density at radius 2 is 1.77 bits per heavy atom. The number of amides is 2. The summed E-state index contributed by atoms with van der Waals surface area (Å²) in [6, 6.07) is 6.44. The lowest BCUT2D eigenvalue weighted by molar-refractivity contribution is -0.355. The SMILES string of the molecule is [NH3+]CC(=O)N[C@@H](Cc1ccccc1)C(=O)N[C@@H](CO)C(=O)[O-]. The molecule has 0 aliphatic heterocycles. The number of hydrogen-bond donors (Lipinski definition) is 4. The minimum absolute atomic E-state index is 0.0531. The Kier molecular flexibility index (Phi) is 7.00. The number of aliphatic hydroxyl groups is 1. The molecular weight excluding hydrogens is 290 g/mol. The summed E-state index contributed by atoms with van der Waals surface area (Å²) in [5.74, 6) is -2.75. The van der Waals surface area contributed by atoms with Crippen LogP contribution < -0.4 is 21.5 Å². The van der Waals surface area contributed by atoms with Gasteiger partial charge in [0.25, 0.3) is 5.91 Å². The van der Waals surface area contributed by atoms with Crippen molar-refractivity contribution in [2.75, 3.05) is 13.2 Å². The van der Waals surface area contributed by atoms with Crippen LogP contribution in [0.5, 0.6) is 0 Å². The third-order valence-electron chi connectivity index (χ3n) is 2.95. The maximum Gasteiger partial charge on any atom is 0.275 e. The summed E-state index contributed by atoms with van der Waals surface area (Å²) in [5, 5.41) is 24.3. The number of aliphatic carboxylic acids is 1. The fraction of sp³-hybridized carbons (Fsp3) is 0.357. The number of carbonyl (C=O) groups is 3. The Balaban J connectivity index is 2.82. The zero-order valence-electron chi connectivity index (χ0n) is 12.0. The molecule has 1 rings (SSSR count). The van der Waals surface area contributed by atoms with E-state index in [1.54, 1.807) is 24.3 Å². The zero-order chi connectivity index (χ0) is 16.5. The first-order valence-corrected chi connectivity index (χ1v) is 6.72. The lowest BCUT2D eigenvalue weighted by atomic mass is 10.0. The highest BCUT2D eigenvalue weighted by molar-refractivity contribution is 5.90. The van der Waals surface area contributed by atoms with Crippen molar-refractivity contribution in [3.63, 3.8) is 0 Å². The van der Waals surface area contributed by atoms with Crippen molar-refractivity contribution in [2.24, 2.45) is 0 Å². The van der Waals surface area contributed by atoms with E-state index in [-0.39, 0.29) is 13.0 Å². The van der Waals surface area contributed by atoms with Crippen molar-refractivity contribution >= 4 is 17.8 Å². The summed E-state index contributed by atoms with van der Waals surface area (Å²) >= 11 is 0. The van der Waals surface area contributed by atoms with Gasteiger partial charge in [0, 0.05) is 6.42 Å². The average Bonchev–Trinajstić information content (AvgIpc) is 2.52. The van der Waals surface area contributed by atoms with Gasteiger partial charge in [-0.3, -0.25) is 9.59 Å². The van der Waals surface area contributed by atoms with E-state index in [4.69, 9.17) is 5.11 Å². The second-order valence-electron chi connectivity index (χ2n) is 4.62. The minimum Gasteiger partial charge on any atom is -0.548 e. The number of carboxylic acid groups (broad SMARTS) is 1. The van der Waals surface area contributed by atoms with Gasteiger partial charge in [-0.15, -0.1) is 0 Å². The molecule has 2 amide bonds. The van der Waals surface area contributed by atoms with Gasteiger partial charge in [0.1, 0.15) is 6.04 Å². The quantitative estimate of drug-likeness (QED) is 0.389. The van der Waals surface area contributed by atoms with Crippen LogP contribution in [0.4, 0.5) is 0 Å². The highest BCUT2D eigenvalue weighted by Gasteiger charge is 2.24. The van der Waals surface area contributed by atoms with E-state index >= 15 is 0 Å². The molecule has 1 aromatic rings. The fourth-order valence-corrected chi connectivity index (χ4v) is 1.78. The molecular formula is C14H19N3O5. The van der Waals surface area contributed by atoms with E-state index in [9.17, 15) is 19.5 Å². The van der Waals surface area contributed by atoms with Crippen LogP contribution in [0.3, 0.4) is 0 Å². The average molecular weight is 309 g/mol. The van der Waals surface area contributed by atoms with Gasteiger partial charge in [0.05, 0.1) is 18.6 Å². The first kappa shape index (κ1) is 17.6. The molecule has 0 fully saturated rings. The molecule has 0 saturated heterocycles. The van der Waals surface area contributed by atoms with Gasteiger partial charge >= 0.3 is 0 Å². The second-order valence-corrected chi connectivity index (χ2v) is 4.62. The van der Waals surface area contributed by atoms with Crippen molar-refractivity contribution in [3.05, 3.63) is 35.9 Å². The molecule has 6 N–H and O–H groups in total. The molecule has 2 atom stereocenters. The van der Waals surface area contributed by atoms with Gasteiger partial charge in [0.2, 0.25) is 5.91 Å². The van der Waals surface area contributed by atoms with Crippen LogP contribution in [0.25, 0.3) is 0 Å². The molecule has 0 bridgehead atoms. The van der Waals surface area contributed by atoms with Crippen molar-refractivity contribution < 1.29 is 30.3 Å². The molecule has 8 nitrogen and oxygen atoms in total. The van der Waals surface area contributed by atoms with Crippen molar-refractivity contribution in [3.8, 4) is 0 Å². The normalized spacial score (nSPS) is 13.0. The van der Waals surface area contributed by atoms with Gasteiger partial charge in [-0.2, -0.15) is 0 Å². The molecule has 0 radical (unpaired) electrons. The first-order chi connectivity index (χ1) is 10.5. The number of aliphatic hydroxyl groups excluding tert-OH is 1. The molecule has 0 aliphatic rings. The number of carboxylic acids is 1. The Hall–Kier alpha value is -2.45. The summed E-state index contributed by atoms with van der Waals surface area (Å²) < 4.78 is 0. The van der Waals surface area contributed by atoms with Gasteiger partial charge in [-0.25, -0.2) is 0 Å². The Morgan fingerprint density at radius 1 is 1.14 bits per heavy atom. The van der Waals surface area contributed by atoms with Gasteiger partial charge in [-0.05, 0) is 5.56 Å². The maximum absolute atomic E-state index is 12.1. The predicted molar refractivity (Wildman–Crippen MR) is 73.9 cm³/mol.